The van der Waals surface area contributed by atoms with Gasteiger partial charge in [0, 0.05) is 56.4 Å². The van der Waals surface area contributed by atoms with E-state index in [1.807, 2.05) is 13.2 Å². The summed E-state index contributed by atoms with van der Waals surface area (Å²) in [5.41, 5.74) is 1.80. The van der Waals surface area contributed by atoms with E-state index in [9.17, 15) is 9.18 Å². The minimum absolute atomic E-state index is 0.133. The van der Waals surface area contributed by atoms with E-state index in [-0.39, 0.29) is 11.5 Å². The van der Waals surface area contributed by atoms with Crippen LogP contribution >= 0.6 is 11.3 Å². The Hall–Kier alpha value is -2.51. The Morgan fingerprint density at radius 2 is 2.00 bits per heavy atom. The number of benzene rings is 1. The van der Waals surface area contributed by atoms with Crippen LogP contribution in [0, 0.1) is 5.82 Å². The van der Waals surface area contributed by atoms with Gasteiger partial charge in [0.25, 0.3) is 5.91 Å². The number of amides is 1. The quantitative estimate of drug-likeness (QED) is 0.662. The van der Waals surface area contributed by atoms with E-state index >= 15 is 0 Å². The lowest BCUT2D eigenvalue weighted by molar-refractivity contribution is 0.0634. The van der Waals surface area contributed by atoms with Crippen molar-refractivity contribution in [2.75, 3.05) is 32.7 Å². The molecule has 0 saturated carbocycles. The van der Waals surface area contributed by atoms with Gasteiger partial charge in [0.05, 0.1) is 11.8 Å². The van der Waals surface area contributed by atoms with Crippen molar-refractivity contribution in [3.63, 3.8) is 0 Å². The lowest BCUT2D eigenvalue weighted by atomic mass is 10.0. The lowest BCUT2D eigenvalue weighted by Crippen LogP contribution is -2.49. The summed E-state index contributed by atoms with van der Waals surface area (Å²) >= 11 is 1.78. The number of piperazine rings is 1. The zero-order chi connectivity index (χ0) is 19.5. The van der Waals surface area contributed by atoms with Crippen LogP contribution in [0.25, 0.3) is 11.1 Å². The van der Waals surface area contributed by atoms with Crippen molar-refractivity contribution in [1.82, 2.24) is 19.6 Å². The highest BCUT2D eigenvalue weighted by Crippen LogP contribution is 2.23. The second-order valence-electron chi connectivity index (χ2n) is 7.06. The molecule has 0 aliphatic carbocycles. The zero-order valence-corrected chi connectivity index (χ0v) is 16.7. The third-order valence-corrected chi connectivity index (χ3v) is 6.09. The molecule has 0 unspecified atom stereocenters. The fourth-order valence-corrected chi connectivity index (χ4v) is 4.21. The van der Waals surface area contributed by atoms with Gasteiger partial charge in [0.1, 0.15) is 5.82 Å². The van der Waals surface area contributed by atoms with Crippen molar-refractivity contribution in [3.05, 3.63) is 64.4 Å². The first-order chi connectivity index (χ1) is 13.6. The van der Waals surface area contributed by atoms with Gasteiger partial charge in [-0.25, -0.2) is 4.39 Å². The second kappa shape index (κ2) is 8.24. The summed E-state index contributed by atoms with van der Waals surface area (Å²) in [5, 5.41) is 6.24. The molecule has 0 bridgehead atoms. The maximum absolute atomic E-state index is 14.4. The van der Waals surface area contributed by atoms with Crippen LogP contribution in [0.5, 0.6) is 0 Å². The van der Waals surface area contributed by atoms with Crippen molar-refractivity contribution in [2.24, 2.45) is 7.05 Å². The summed E-state index contributed by atoms with van der Waals surface area (Å²) in [4.78, 5) is 18.4. The first-order valence-electron chi connectivity index (χ1n) is 9.43. The normalized spacial score (nSPS) is 15.1. The Morgan fingerprint density at radius 1 is 1.18 bits per heavy atom. The average Bonchev–Trinajstić information content (AvgIpc) is 3.38. The molecule has 4 rings (SSSR count). The van der Waals surface area contributed by atoms with E-state index in [0.29, 0.717) is 13.1 Å². The number of hydrogen-bond acceptors (Lipinski definition) is 4. The van der Waals surface area contributed by atoms with Gasteiger partial charge in [0.2, 0.25) is 0 Å². The van der Waals surface area contributed by atoms with Gasteiger partial charge in [-0.1, -0.05) is 12.1 Å². The number of thiophene rings is 1. The number of hydrogen-bond donors (Lipinski definition) is 0. The Kier molecular flexibility index (Phi) is 5.54. The molecule has 2 aromatic heterocycles. The fourth-order valence-electron chi connectivity index (χ4n) is 3.51. The van der Waals surface area contributed by atoms with Crippen LogP contribution in [-0.4, -0.2) is 58.2 Å². The van der Waals surface area contributed by atoms with Crippen molar-refractivity contribution in [2.45, 2.75) is 6.42 Å². The van der Waals surface area contributed by atoms with E-state index in [0.717, 1.165) is 37.2 Å². The maximum Gasteiger partial charge on any atom is 0.256 e. The van der Waals surface area contributed by atoms with Gasteiger partial charge < -0.3 is 4.90 Å². The van der Waals surface area contributed by atoms with Crippen LogP contribution in [0.3, 0.4) is 0 Å². The molecule has 0 spiro atoms. The number of aromatic nitrogens is 2. The molecule has 5 nitrogen and oxygen atoms in total. The van der Waals surface area contributed by atoms with Crippen LogP contribution in [0.15, 0.2) is 48.1 Å². The molecule has 1 saturated heterocycles. The van der Waals surface area contributed by atoms with E-state index in [1.54, 1.807) is 39.2 Å². The van der Waals surface area contributed by atoms with Crippen LogP contribution in [0.4, 0.5) is 4.39 Å². The topological polar surface area (TPSA) is 41.4 Å². The maximum atomic E-state index is 14.4. The van der Waals surface area contributed by atoms with Gasteiger partial charge in [-0.15, -0.1) is 11.3 Å². The van der Waals surface area contributed by atoms with Gasteiger partial charge in [-0.2, -0.15) is 5.10 Å². The Bertz CT molecular complexity index is 945. The molecular weight excluding hydrogens is 375 g/mol. The number of carbonyl (C=O) groups excluding carboxylic acids is 1. The number of halogens is 1. The van der Waals surface area contributed by atoms with Crippen LogP contribution < -0.4 is 0 Å². The van der Waals surface area contributed by atoms with Crippen LogP contribution in [0.2, 0.25) is 0 Å². The number of nitrogens with zero attached hydrogens (tertiary/aromatic N) is 4. The smallest absolute Gasteiger partial charge is 0.256 e. The SMILES string of the molecule is Cn1cc(-c2ccc(F)c(C(=O)N3CCN(CCc4cccs4)CC3)c2)cn1. The molecule has 0 atom stereocenters. The third-order valence-electron chi connectivity index (χ3n) is 5.15. The highest BCUT2D eigenvalue weighted by molar-refractivity contribution is 7.09. The average molecular weight is 399 g/mol. The van der Waals surface area contributed by atoms with Crippen molar-refractivity contribution < 1.29 is 9.18 Å². The van der Waals surface area contributed by atoms with Gasteiger partial charge in [0.15, 0.2) is 0 Å². The molecule has 3 aromatic rings. The number of aryl methyl sites for hydroxylation is 1. The van der Waals surface area contributed by atoms with E-state index in [2.05, 4.69) is 27.5 Å². The van der Waals surface area contributed by atoms with Crippen LogP contribution in [0.1, 0.15) is 15.2 Å². The highest BCUT2D eigenvalue weighted by atomic mass is 32.1. The molecule has 1 amide bonds. The molecule has 146 valence electrons. The minimum atomic E-state index is -0.474. The van der Waals surface area contributed by atoms with Gasteiger partial charge in [-0.3, -0.25) is 14.4 Å². The molecule has 1 aliphatic heterocycles. The first kappa shape index (κ1) is 18.8. The fraction of sp³-hybridized carbons (Fsp3) is 0.333. The number of carbonyl (C=O) groups is 1. The first-order valence-corrected chi connectivity index (χ1v) is 10.3. The molecular formula is C21H23FN4OS. The largest absolute Gasteiger partial charge is 0.336 e. The summed E-state index contributed by atoms with van der Waals surface area (Å²) in [6.07, 6.45) is 4.61. The monoisotopic (exact) mass is 398 g/mol. The van der Waals surface area contributed by atoms with Crippen molar-refractivity contribution in [1.29, 1.82) is 0 Å². The Morgan fingerprint density at radius 3 is 2.68 bits per heavy atom. The van der Waals surface area contributed by atoms with Gasteiger partial charge >= 0.3 is 0 Å². The molecule has 3 heterocycles. The van der Waals surface area contributed by atoms with Crippen molar-refractivity contribution >= 4 is 17.2 Å². The van der Waals surface area contributed by atoms with Gasteiger partial charge in [-0.05, 0) is 35.6 Å². The lowest BCUT2D eigenvalue weighted by Gasteiger charge is -2.34. The molecule has 0 N–H and O–H groups in total. The Balaban J connectivity index is 1.39. The van der Waals surface area contributed by atoms with E-state index < -0.39 is 5.82 Å². The summed E-state index contributed by atoms with van der Waals surface area (Å²) < 4.78 is 16.1. The summed E-state index contributed by atoms with van der Waals surface area (Å²) in [6.45, 7) is 3.88. The zero-order valence-electron chi connectivity index (χ0n) is 15.8. The Labute approximate surface area is 168 Å². The molecule has 1 aliphatic rings. The summed E-state index contributed by atoms with van der Waals surface area (Å²) in [7, 11) is 1.83. The van der Waals surface area contributed by atoms with E-state index in [4.69, 9.17) is 0 Å². The van der Waals surface area contributed by atoms with Crippen molar-refractivity contribution in [3.8, 4) is 11.1 Å². The highest BCUT2D eigenvalue weighted by Gasteiger charge is 2.24. The predicted molar refractivity (Wildman–Crippen MR) is 109 cm³/mol. The molecule has 7 heteroatoms. The molecule has 0 radical (unpaired) electrons. The second-order valence-corrected chi connectivity index (χ2v) is 8.09. The molecule has 1 fully saturated rings. The summed E-state index contributed by atoms with van der Waals surface area (Å²) in [5.74, 6) is -0.709. The number of rotatable bonds is 5. The molecule has 1 aromatic carbocycles. The molecule has 28 heavy (non-hydrogen) atoms. The minimum Gasteiger partial charge on any atom is -0.336 e. The van der Waals surface area contributed by atoms with Crippen LogP contribution in [-0.2, 0) is 13.5 Å². The predicted octanol–water partition coefficient (Wildman–Crippen LogP) is 3.29. The summed E-state index contributed by atoms with van der Waals surface area (Å²) in [6, 6.07) is 8.92. The standard InChI is InChI=1S/C21H23FN4OS/c1-24-15-17(14-23-24)16-4-5-20(22)19(13-16)21(27)26-10-8-25(9-11-26)7-6-18-3-2-12-28-18/h2-5,12-15H,6-11H2,1H3. The van der Waals surface area contributed by atoms with E-state index in [1.165, 1.54) is 10.9 Å². The third kappa shape index (κ3) is 4.15.